The fourth-order valence-electron chi connectivity index (χ4n) is 2.45. The Morgan fingerprint density at radius 2 is 1.58 bits per heavy atom. The van der Waals surface area contributed by atoms with E-state index in [1.807, 2.05) is 36.4 Å². The topological polar surface area (TPSA) is 89.3 Å². The number of nitrogen functional groups attached to an aromatic ring is 1. The molecular weight excluding hydrogens is 324 g/mol. The molecule has 0 aliphatic heterocycles. The van der Waals surface area contributed by atoms with Gasteiger partial charge < -0.3 is 11.1 Å². The zero-order chi connectivity index (χ0) is 17.6. The van der Waals surface area contributed by atoms with Gasteiger partial charge in [0, 0.05) is 24.9 Å². The molecule has 6 heteroatoms. The van der Waals surface area contributed by atoms with Gasteiger partial charge in [0.05, 0.1) is 5.75 Å². The van der Waals surface area contributed by atoms with Crippen molar-refractivity contribution in [3.05, 3.63) is 65.2 Å². The molecular formula is C18H22N2O3S. The van der Waals surface area contributed by atoms with Gasteiger partial charge in [0.2, 0.25) is 5.91 Å². The van der Waals surface area contributed by atoms with Crippen molar-refractivity contribution in [1.82, 2.24) is 5.32 Å². The number of carbonyl (C=O) groups excluding carboxylic acids is 1. The summed E-state index contributed by atoms with van der Waals surface area (Å²) in [5.41, 5.74) is 9.03. The quantitative estimate of drug-likeness (QED) is 0.751. The maximum Gasteiger partial charge on any atom is 0.220 e. The zero-order valence-electron chi connectivity index (χ0n) is 13.7. The molecule has 0 radical (unpaired) electrons. The maximum atomic E-state index is 12.0. The van der Waals surface area contributed by atoms with Gasteiger partial charge in [-0.25, -0.2) is 8.42 Å². The van der Waals surface area contributed by atoms with Crippen LogP contribution in [0, 0.1) is 0 Å². The Morgan fingerprint density at radius 1 is 1.00 bits per heavy atom. The molecule has 5 nitrogen and oxygen atoms in total. The standard InChI is InChI=1S/C18H22N2O3S/c1-24(22,23)13-16-8-3-2-7-15(16)12-20-18(21)11-10-14-6-4-5-9-17(14)19/h2-9H,10-13,19H2,1H3,(H,20,21). The van der Waals surface area contributed by atoms with Crippen molar-refractivity contribution in [2.75, 3.05) is 12.0 Å². The largest absolute Gasteiger partial charge is 0.399 e. The summed E-state index contributed by atoms with van der Waals surface area (Å²) in [7, 11) is -3.12. The number of rotatable bonds is 7. The van der Waals surface area contributed by atoms with E-state index >= 15 is 0 Å². The number of nitrogens with one attached hydrogen (secondary N) is 1. The molecule has 0 aromatic heterocycles. The number of benzene rings is 2. The molecule has 0 saturated heterocycles. The second-order valence-corrected chi connectivity index (χ2v) is 7.95. The highest BCUT2D eigenvalue weighted by molar-refractivity contribution is 7.89. The van der Waals surface area contributed by atoms with Crippen molar-refractivity contribution in [3.63, 3.8) is 0 Å². The molecule has 2 aromatic rings. The van der Waals surface area contributed by atoms with Gasteiger partial charge in [0.25, 0.3) is 0 Å². The number of carbonyl (C=O) groups is 1. The molecule has 0 fully saturated rings. The summed E-state index contributed by atoms with van der Waals surface area (Å²) >= 11 is 0. The number of amides is 1. The summed E-state index contributed by atoms with van der Waals surface area (Å²) in [5, 5.41) is 2.84. The van der Waals surface area contributed by atoms with Gasteiger partial charge in [-0.3, -0.25) is 4.79 Å². The van der Waals surface area contributed by atoms with E-state index in [0.717, 1.165) is 11.1 Å². The first-order valence-corrected chi connectivity index (χ1v) is 9.76. The highest BCUT2D eigenvalue weighted by Gasteiger charge is 2.10. The van der Waals surface area contributed by atoms with Crippen molar-refractivity contribution in [2.45, 2.75) is 25.1 Å². The Bertz CT molecular complexity index is 817. The first kappa shape index (κ1) is 18.0. The van der Waals surface area contributed by atoms with Crippen molar-refractivity contribution < 1.29 is 13.2 Å². The molecule has 24 heavy (non-hydrogen) atoms. The van der Waals surface area contributed by atoms with Gasteiger partial charge in [0.15, 0.2) is 9.84 Å². The Balaban J connectivity index is 1.91. The fraction of sp³-hybridized carbons (Fsp3) is 0.278. The van der Waals surface area contributed by atoms with Crippen LogP contribution >= 0.6 is 0 Å². The lowest BCUT2D eigenvalue weighted by Gasteiger charge is -2.10. The minimum Gasteiger partial charge on any atom is -0.399 e. The van der Waals surface area contributed by atoms with Crippen LogP contribution in [0.5, 0.6) is 0 Å². The molecule has 0 spiro atoms. The van der Waals surface area contributed by atoms with Crippen LogP contribution in [0.3, 0.4) is 0 Å². The van der Waals surface area contributed by atoms with Gasteiger partial charge in [0.1, 0.15) is 0 Å². The molecule has 0 aliphatic carbocycles. The summed E-state index contributed by atoms with van der Waals surface area (Å²) in [6, 6.07) is 14.7. The van der Waals surface area contributed by atoms with Crippen LogP contribution in [0.15, 0.2) is 48.5 Å². The molecule has 3 N–H and O–H groups in total. The highest BCUT2D eigenvalue weighted by Crippen LogP contribution is 2.14. The van der Waals surface area contributed by atoms with E-state index < -0.39 is 9.84 Å². The number of nitrogens with two attached hydrogens (primary N) is 1. The second-order valence-electron chi connectivity index (χ2n) is 5.81. The van der Waals surface area contributed by atoms with Crippen molar-refractivity contribution >= 4 is 21.4 Å². The summed E-state index contributed by atoms with van der Waals surface area (Å²) in [5.74, 6) is -0.119. The molecule has 128 valence electrons. The number of sulfone groups is 1. The summed E-state index contributed by atoms with van der Waals surface area (Å²) < 4.78 is 23.0. The SMILES string of the molecule is CS(=O)(=O)Cc1ccccc1CNC(=O)CCc1ccccc1N. The average Bonchev–Trinajstić information content (AvgIpc) is 2.52. The first-order chi connectivity index (χ1) is 11.3. The number of para-hydroxylation sites is 1. The van der Waals surface area contributed by atoms with E-state index in [2.05, 4.69) is 5.32 Å². The van der Waals surface area contributed by atoms with Crippen LogP contribution in [0.1, 0.15) is 23.1 Å². The molecule has 2 rings (SSSR count). The third-order valence-electron chi connectivity index (χ3n) is 3.69. The van der Waals surface area contributed by atoms with Crippen molar-refractivity contribution in [3.8, 4) is 0 Å². The lowest BCUT2D eigenvalue weighted by molar-refractivity contribution is -0.121. The van der Waals surface area contributed by atoms with Gasteiger partial charge >= 0.3 is 0 Å². The smallest absolute Gasteiger partial charge is 0.220 e. The van der Waals surface area contributed by atoms with Crippen LogP contribution in [-0.4, -0.2) is 20.6 Å². The highest BCUT2D eigenvalue weighted by atomic mass is 32.2. The lowest BCUT2D eigenvalue weighted by atomic mass is 10.1. The number of hydrogen-bond donors (Lipinski definition) is 2. The summed E-state index contributed by atoms with van der Waals surface area (Å²) in [4.78, 5) is 12.0. The molecule has 1 amide bonds. The van der Waals surface area contributed by atoms with Crippen LogP contribution in [0.4, 0.5) is 5.69 Å². The second kappa shape index (κ2) is 7.97. The average molecular weight is 346 g/mol. The first-order valence-electron chi connectivity index (χ1n) is 7.70. The van der Waals surface area contributed by atoms with E-state index in [-0.39, 0.29) is 11.7 Å². The molecule has 2 aromatic carbocycles. The van der Waals surface area contributed by atoms with Crippen LogP contribution in [-0.2, 0) is 33.4 Å². The Morgan fingerprint density at radius 3 is 2.21 bits per heavy atom. The molecule has 0 unspecified atom stereocenters. The normalized spacial score (nSPS) is 11.2. The van der Waals surface area contributed by atoms with Crippen LogP contribution in [0.25, 0.3) is 0 Å². The van der Waals surface area contributed by atoms with Gasteiger partial charge in [-0.2, -0.15) is 0 Å². The van der Waals surface area contributed by atoms with E-state index in [4.69, 9.17) is 5.73 Å². The predicted octanol–water partition coefficient (Wildman–Crippen LogP) is 2.06. The van der Waals surface area contributed by atoms with Crippen LogP contribution in [0.2, 0.25) is 0 Å². The van der Waals surface area contributed by atoms with Crippen molar-refractivity contribution in [2.24, 2.45) is 0 Å². The molecule has 0 atom stereocenters. The molecule has 0 saturated carbocycles. The van der Waals surface area contributed by atoms with Crippen molar-refractivity contribution in [1.29, 1.82) is 0 Å². The Kier molecular flexibility index (Phi) is 5.98. The summed E-state index contributed by atoms with van der Waals surface area (Å²) in [6.45, 7) is 0.314. The van der Waals surface area contributed by atoms with Gasteiger partial charge in [-0.05, 0) is 29.2 Å². The summed E-state index contributed by atoms with van der Waals surface area (Å²) in [6.07, 6.45) is 2.11. The molecule has 0 heterocycles. The number of hydrogen-bond acceptors (Lipinski definition) is 4. The maximum absolute atomic E-state index is 12.0. The predicted molar refractivity (Wildman–Crippen MR) is 96.0 cm³/mol. The zero-order valence-corrected chi connectivity index (χ0v) is 14.5. The number of anilines is 1. The van der Waals surface area contributed by atoms with E-state index in [0.29, 0.717) is 30.6 Å². The van der Waals surface area contributed by atoms with Crippen LogP contribution < -0.4 is 11.1 Å². The Labute approximate surface area is 142 Å². The van der Waals surface area contributed by atoms with E-state index in [1.165, 1.54) is 6.26 Å². The minimum absolute atomic E-state index is 0.0282. The molecule has 0 bridgehead atoms. The van der Waals surface area contributed by atoms with E-state index in [9.17, 15) is 13.2 Å². The number of aryl methyl sites for hydroxylation is 1. The lowest BCUT2D eigenvalue weighted by Crippen LogP contribution is -2.24. The minimum atomic E-state index is -3.12. The fourth-order valence-corrected chi connectivity index (χ4v) is 3.29. The van der Waals surface area contributed by atoms with Gasteiger partial charge in [-0.1, -0.05) is 42.5 Å². The third kappa shape index (κ3) is 5.70. The molecule has 0 aliphatic rings. The third-order valence-corrected chi connectivity index (χ3v) is 4.52. The Hall–Kier alpha value is -2.34. The van der Waals surface area contributed by atoms with Gasteiger partial charge in [-0.15, -0.1) is 0 Å². The van der Waals surface area contributed by atoms with E-state index in [1.54, 1.807) is 12.1 Å². The monoisotopic (exact) mass is 346 g/mol.